The Hall–Kier alpha value is -2.33. The van der Waals surface area contributed by atoms with Gasteiger partial charge in [0.2, 0.25) is 0 Å². The molecule has 1 saturated heterocycles. The lowest BCUT2D eigenvalue weighted by Gasteiger charge is -2.20. The Morgan fingerprint density at radius 3 is 1.96 bits per heavy atom. The van der Waals surface area contributed by atoms with Crippen LogP contribution < -0.4 is 5.32 Å². The highest BCUT2D eigenvalue weighted by Gasteiger charge is 2.17. The van der Waals surface area contributed by atoms with Gasteiger partial charge in [0, 0.05) is 34.9 Å². The molecule has 130 valence electrons. The van der Waals surface area contributed by atoms with E-state index in [2.05, 4.69) is 5.32 Å². The van der Waals surface area contributed by atoms with E-state index in [0.717, 1.165) is 25.9 Å². The van der Waals surface area contributed by atoms with Gasteiger partial charge in [-0.1, -0.05) is 24.4 Å². The van der Waals surface area contributed by atoms with Crippen molar-refractivity contribution in [1.29, 1.82) is 0 Å². The zero-order chi connectivity index (χ0) is 17.6. The number of hydrogen-bond donors (Lipinski definition) is 1. The summed E-state index contributed by atoms with van der Waals surface area (Å²) < 4.78 is 0. The number of amides is 2. The number of nitrogens with zero attached hydrogens (tertiary/aromatic N) is 1. The van der Waals surface area contributed by atoms with Gasteiger partial charge in [0.1, 0.15) is 0 Å². The molecule has 25 heavy (non-hydrogen) atoms. The van der Waals surface area contributed by atoms with Gasteiger partial charge in [0.25, 0.3) is 11.8 Å². The van der Waals surface area contributed by atoms with E-state index in [0.29, 0.717) is 21.8 Å². The third-order valence-electron chi connectivity index (χ3n) is 4.39. The molecule has 0 spiro atoms. The predicted molar refractivity (Wildman–Crippen MR) is 100 cm³/mol. The molecule has 0 aliphatic carbocycles. The van der Waals surface area contributed by atoms with E-state index in [1.165, 1.54) is 12.8 Å². The number of halogens is 1. The van der Waals surface area contributed by atoms with Gasteiger partial charge in [-0.05, 0) is 61.4 Å². The van der Waals surface area contributed by atoms with Crippen LogP contribution in [0.1, 0.15) is 46.4 Å². The average Bonchev–Trinajstić information content (AvgIpc) is 2.92. The van der Waals surface area contributed by atoms with Crippen LogP contribution in [-0.4, -0.2) is 29.8 Å². The molecule has 2 amide bonds. The van der Waals surface area contributed by atoms with Gasteiger partial charge >= 0.3 is 0 Å². The Labute approximate surface area is 152 Å². The molecule has 0 saturated carbocycles. The summed E-state index contributed by atoms with van der Waals surface area (Å²) in [4.78, 5) is 26.8. The highest BCUT2D eigenvalue weighted by Crippen LogP contribution is 2.16. The third kappa shape index (κ3) is 4.60. The second kappa shape index (κ2) is 8.17. The monoisotopic (exact) mass is 356 g/mol. The Morgan fingerprint density at radius 1 is 0.800 bits per heavy atom. The number of carbonyl (C=O) groups is 2. The van der Waals surface area contributed by atoms with Gasteiger partial charge in [0.15, 0.2) is 0 Å². The van der Waals surface area contributed by atoms with E-state index in [9.17, 15) is 9.59 Å². The van der Waals surface area contributed by atoms with Crippen molar-refractivity contribution in [2.24, 2.45) is 0 Å². The van der Waals surface area contributed by atoms with Gasteiger partial charge in [-0.2, -0.15) is 0 Å². The first-order valence-electron chi connectivity index (χ1n) is 8.60. The normalized spacial score (nSPS) is 14.7. The van der Waals surface area contributed by atoms with Crippen molar-refractivity contribution >= 4 is 29.1 Å². The maximum atomic E-state index is 12.6. The fourth-order valence-electron chi connectivity index (χ4n) is 2.96. The van der Waals surface area contributed by atoms with Crippen molar-refractivity contribution in [1.82, 2.24) is 4.90 Å². The molecule has 1 heterocycles. The molecule has 0 atom stereocenters. The van der Waals surface area contributed by atoms with Gasteiger partial charge in [-0.25, -0.2) is 0 Å². The predicted octanol–water partition coefficient (Wildman–Crippen LogP) is 4.61. The summed E-state index contributed by atoms with van der Waals surface area (Å²) in [7, 11) is 0. The van der Waals surface area contributed by atoms with Crippen LogP contribution in [0.2, 0.25) is 5.02 Å². The second-order valence-corrected chi connectivity index (χ2v) is 6.68. The first kappa shape index (κ1) is 17.5. The summed E-state index contributed by atoms with van der Waals surface area (Å²) in [5.41, 5.74) is 1.83. The number of hydrogen-bond acceptors (Lipinski definition) is 2. The number of carbonyl (C=O) groups excluding carboxylic acids is 2. The molecular weight excluding hydrogens is 336 g/mol. The summed E-state index contributed by atoms with van der Waals surface area (Å²) in [6.07, 6.45) is 4.50. The fourth-order valence-corrected chi connectivity index (χ4v) is 3.08. The minimum Gasteiger partial charge on any atom is -0.339 e. The maximum absolute atomic E-state index is 12.6. The molecule has 1 aliphatic heterocycles. The van der Waals surface area contributed by atoms with Crippen molar-refractivity contribution in [3.8, 4) is 0 Å². The average molecular weight is 357 g/mol. The van der Waals surface area contributed by atoms with Crippen LogP contribution in [0.25, 0.3) is 0 Å². The topological polar surface area (TPSA) is 49.4 Å². The van der Waals surface area contributed by atoms with E-state index in [1.807, 2.05) is 4.90 Å². The molecule has 0 aromatic heterocycles. The minimum absolute atomic E-state index is 0.0477. The standard InChI is InChI=1S/C20H21ClN2O2/c21-17-9-11-18(12-10-17)22-19(24)15-5-7-16(8-6-15)20(25)23-13-3-1-2-4-14-23/h5-12H,1-4,13-14H2,(H,22,24). The van der Waals surface area contributed by atoms with Crippen molar-refractivity contribution in [3.63, 3.8) is 0 Å². The Kier molecular flexibility index (Phi) is 5.71. The molecule has 0 radical (unpaired) electrons. The number of rotatable bonds is 3. The van der Waals surface area contributed by atoms with Crippen LogP contribution in [0.5, 0.6) is 0 Å². The number of likely N-dealkylation sites (tertiary alicyclic amines) is 1. The molecule has 1 N–H and O–H groups in total. The zero-order valence-electron chi connectivity index (χ0n) is 14.0. The summed E-state index contributed by atoms with van der Waals surface area (Å²) in [5, 5.41) is 3.43. The largest absolute Gasteiger partial charge is 0.339 e. The molecule has 1 fully saturated rings. The van der Waals surface area contributed by atoms with E-state index in [4.69, 9.17) is 11.6 Å². The van der Waals surface area contributed by atoms with E-state index in [1.54, 1.807) is 48.5 Å². The minimum atomic E-state index is -0.212. The number of benzene rings is 2. The summed E-state index contributed by atoms with van der Waals surface area (Å²) in [6, 6.07) is 13.8. The SMILES string of the molecule is O=C(Nc1ccc(Cl)cc1)c1ccc(C(=O)N2CCCCCC2)cc1. The first-order chi connectivity index (χ1) is 12.1. The fraction of sp³-hybridized carbons (Fsp3) is 0.300. The lowest BCUT2D eigenvalue weighted by Crippen LogP contribution is -2.31. The molecule has 1 aliphatic rings. The number of nitrogens with one attached hydrogen (secondary N) is 1. The third-order valence-corrected chi connectivity index (χ3v) is 4.64. The Morgan fingerprint density at radius 2 is 1.36 bits per heavy atom. The van der Waals surface area contributed by atoms with Crippen LogP contribution in [0, 0.1) is 0 Å². The zero-order valence-corrected chi connectivity index (χ0v) is 14.8. The lowest BCUT2D eigenvalue weighted by molar-refractivity contribution is 0.0761. The number of anilines is 1. The molecule has 5 heteroatoms. The van der Waals surface area contributed by atoms with Gasteiger partial charge in [-0.15, -0.1) is 0 Å². The van der Waals surface area contributed by atoms with E-state index < -0.39 is 0 Å². The highest BCUT2D eigenvalue weighted by atomic mass is 35.5. The van der Waals surface area contributed by atoms with Crippen molar-refractivity contribution in [2.45, 2.75) is 25.7 Å². The van der Waals surface area contributed by atoms with Gasteiger partial charge < -0.3 is 10.2 Å². The molecule has 2 aromatic carbocycles. The highest BCUT2D eigenvalue weighted by molar-refractivity contribution is 6.30. The van der Waals surface area contributed by atoms with Crippen LogP contribution in [0.15, 0.2) is 48.5 Å². The molecule has 3 rings (SSSR count). The van der Waals surface area contributed by atoms with Crippen molar-refractivity contribution in [3.05, 3.63) is 64.7 Å². The molecule has 2 aromatic rings. The summed E-state index contributed by atoms with van der Waals surface area (Å²) in [6.45, 7) is 1.63. The quantitative estimate of drug-likeness (QED) is 0.873. The molecule has 0 bridgehead atoms. The molecular formula is C20H21ClN2O2. The summed E-state index contributed by atoms with van der Waals surface area (Å²) in [5.74, 6) is -0.164. The van der Waals surface area contributed by atoms with Crippen LogP contribution in [0.4, 0.5) is 5.69 Å². The van der Waals surface area contributed by atoms with Crippen LogP contribution >= 0.6 is 11.6 Å². The van der Waals surface area contributed by atoms with Gasteiger partial charge in [0.05, 0.1) is 0 Å². The Bertz CT molecular complexity index is 733. The smallest absolute Gasteiger partial charge is 0.255 e. The maximum Gasteiger partial charge on any atom is 0.255 e. The molecule has 4 nitrogen and oxygen atoms in total. The lowest BCUT2D eigenvalue weighted by atomic mass is 10.1. The Balaban J connectivity index is 1.65. The second-order valence-electron chi connectivity index (χ2n) is 6.24. The van der Waals surface area contributed by atoms with E-state index >= 15 is 0 Å². The van der Waals surface area contributed by atoms with E-state index in [-0.39, 0.29) is 11.8 Å². The van der Waals surface area contributed by atoms with Crippen LogP contribution in [0.3, 0.4) is 0 Å². The summed E-state index contributed by atoms with van der Waals surface area (Å²) >= 11 is 5.84. The van der Waals surface area contributed by atoms with Crippen molar-refractivity contribution in [2.75, 3.05) is 18.4 Å². The molecule has 0 unspecified atom stereocenters. The van der Waals surface area contributed by atoms with Crippen molar-refractivity contribution < 1.29 is 9.59 Å². The first-order valence-corrected chi connectivity index (χ1v) is 8.97. The van der Waals surface area contributed by atoms with Crippen LogP contribution in [-0.2, 0) is 0 Å². The van der Waals surface area contributed by atoms with Gasteiger partial charge in [-0.3, -0.25) is 9.59 Å².